The van der Waals surface area contributed by atoms with Gasteiger partial charge in [-0.3, -0.25) is 0 Å². The van der Waals surface area contributed by atoms with Crippen molar-refractivity contribution in [2.24, 2.45) is 0 Å². The molecule has 0 bridgehead atoms. The van der Waals surface area contributed by atoms with Gasteiger partial charge in [-0.2, -0.15) is 0 Å². The Labute approximate surface area is 112 Å². The molecule has 5 heteroatoms. The Morgan fingerprint density at radius 1 is 1.42 bits per heavy atom. The molecule has 1 aromatic carbocycles. The molecule has 1 aliphatic rings. The highest BCUT2D eigenvalue weighted by Gasteiger charge is 2.14. The molecule has 1 aliphatic heterocycles. The van der Waals surface area contributed by atoms with Crippen LogP contribution in [-0.2, 0) is 16.1 Å². The van der Waals surface area contributed by atoms with Gasteiger partial charge in [0, 0.05) is 19.7 Å². The van der Waals surface area contributed by atoms with Crippen molar-refractivity contribution >= 4 is 5.97 Å². The van der Waals surface area contributed by atoms with Gasteiger partial charge in [0.05, 0.1) is 6.10 Å². The van der Waals surface area contributed by atoms with E-state index >= 15 is 0 Å². The monoisotopic (exact) mass is 265 g/mol. The summed E-state index contributed by atoms with van der Waals surface area (Å²) in [7, 11) is 0. The molecule has 0 aliphatic carbocycles. The molecule has 2 N–H and O–H groups in total. The average molecular weight is 265 g/mol. The second-order valence-corrected chi connectivity index (χ2v) is 4.59. The van der Waals surface area contributed by atoms with Crippen LogP contribution in [0.25, 0.3) is 0 Å². The fourth-order valence-corrected chi connectivity index (χ4v) is 2.03. The predicted molar refractivity (Wildman–Crippen MR) is 70.3 cm³/mol. The van der Waals surface area contributed by atoms with Crippen molar-refractivity contribution in [3.8, 4) is 5.75 Å². The number of ether oxygens (including phenoxy) is 2. The fraction of sp³-hybridized carbons (Fsp3) is 0.500. The maximum absolute atomic E-state index is 10.4. The minimum atomic E-state index is -0.970. The van der Waals surface area contributed by atoms with Crippen molar-refractivity contribution in [1.29, 1.82) is 0 Å². The Kier molecular flexibility index (Phi) is 5.18. The van der Waals surface area contributed by atoms with E-state index in [0.29, 0.717) is 11.9 Å². The molecule has 1 fully saturated rings. The molecule has 104 valence electrons. The number of hydrogen-bond acceptors (Lipinski definition) is 4. The van der Waals surface area contributed by atoms with Crippen LogP contribution in [0.4, 0.5) is 0 Å². The number of hydrogen-bond donors (Lipinski definition) is 2. The quantitative estimate of drug-likeness (QED) is 0.780. The van der Waals surface area contributed by atoms with E-state index < -0.39 is 5.97 Å². The van der Waals surface area contributed by atoms with Gasteiger partial charge >= 0.3 is 5.97 Å². The lowest BCUT2D eigenvalue weighted by Crippen LogP contribution is -2.25. The first kappa shape index (κ1) is 13.8. The van der Waals surface area contributed by atoms with Crippen molar-refractivity contribution in [3.05, 3.63) is 29.8 Å². The van der Waals surface area contributed by atoms with Gasteiger partial charge in [-0.25, -0.2) is 4.79 Å². The first-order valence-corrected chi connectivity index (χ1v) is 6.50. The number of carbonyl (C=O) groups is 1. The number of carboxylic acid groups (broad SMARTS) is 1. The smallest absolute Gasteiger partial charge is 0.341 e. The molecule has 1 aromatic rings. The molecule has 0 saturated carbocycles. The van der Waals surface area contributed by atoms with E-state index in [2.05, 4.69) is 5.32 Å². The van der Waals surface area contributed by atoms with Crippen molar-refractivity contribution in [2.45, 2.75) is 25.5 Å². The van der Waals surface area contributed by atoms with E-state index in [1.807, 2.05) is 12.1 Å². The first-order chi connectivity index (χ1) is 9.24. The zero-order chi connectivity index (χ0) is 13.5. The third-order valence-electron chi connectivity index (χ3n) is 3.01. The second kappa shape index (κ2) is 7.11. The van der Waals surface area contributed by atoms with E-state index in [0.717, 1.165) is 38.1 Å². The van der Waals surface area contributed by atoms with Crippen LogP contribution in [0.2, 0.25) is 0 Å². The van der Waals surface area contributed by atoms with E-state index in [-0.39, 0.29) is 6.61 Å². The summed E-state index contributed by atoms with van der Waals surface area (Å²) < 4.78 is 10.6. The van der Waals surface area contributed by atoms with Crippen LogP contribution in [0.3, 0.4) is 0 Å². The minimum Gasteiger partial charge on any atom is -0.482 e. The highest BCUT2D eigenvalue weighted by molar-refractivity contribution is 5.68. The highest BCUT2D eigenvalue weighted by Crippen LogP contribution is 2.13. The van der Waals surface area contributed by atoms with Gasteiger partial charge in [-0.1, -0.05) is 12.1 Å². The standard InChI is InChI=1S/C14H19NO4/c16-14(17)10-19-12-5-3-11(4-6-12)8-15-9-13-2-1-7-18-13/h3-6,13,15H,1-2,7-10H2,(H,16,17)/t13-/m1/s1. The van der Waals surface area contributed by atoms with E-state index in [1.54, 1.807) is 12.1 Å². The Bertz CT molecular complexity index is 398. The molecule has 0 aromatic heterocycles. The maximum Gasteiger partial charge on any atom is 0.341 e. The Balaban J connectivity index is 1.70. The molecule has 1 heterocycles. The second-order valence-electron chi connectivity index (χ2n) is 4.59. The Morgan fingerprint density at radius 3 is 2.84 bits per heavy atom. The normalized spacial score (nSPS) is 18.4. The summed E-state index contributed by atoms with van der Waals surface area (Å²) in [6.07, 6.45) is 2.63. The summed E-state index contributed by atoms with van der Waals surface area (Å²) in [6.45, 7) is 2.22. The zero-order valence-electron chi connectivity index (χ0n) is 10.8. The van der Waals surface area contributed by atoms with E-state index in [1.165, 1.54) is 0 Å². The molecule has 0 radical (unpaired) electrons. The van der Waals surface area contributed by atoms with Crippen LogP contribution in [0.1, 0.15) is 18.4 Å². The maximum atomic E-state index is 10.4. The van der Waals surface area contributed by atoms with Crippen LogP contribution in [0, 0.1) is 0 Å². The van der Waals surface area contributed by atoms with Gasteiger partial charge in [0.15, 0.2) is 6.61 Å². The van der Waals surface area contributed by atoms with E-state index in [4.69, 9.17) is 14.6 Å². The zero-order valence-corrected chi connectivity index (χ0v) is 10.8. The number of aliphatic carboxylic acids is 1. The lowest BCUT2D eigenvalue weighted by atomic mass is 10.2. The summed E-state index contributed by atoms with van der Waals surface area (Å²) in [5, 5.41) is 11.9. The average Bonchev–Trinajstić information content (AvgIpc) is 2.91. The first-order valence-electron chi connectivity index (χ1n) is 6.50. The highest BCUT2D eigenvalue weighted by atomic mass is 16.5. The number of nitrogens with one attached hydrogen (secondary N) is 1. The third-order valence-corrected chi connectivity index (χ3v) is 3.01. The minimum absolute atomic E-state index is 0.309. The summed E-state index contributed by atoms with van der Waals surface area (Å²) in [6, 6.07) is 7.43. The van der Waals surface area contributed by atoms with Gasteiger partial charge < -0.3 is 19.9 Å². The Hall–Kier alpha value is -1.59. The van der Waals surface area contributed by atoms with Gasteiger partial charge in [0.2, 0.25) is 0 Å². The molecular formula is C14H19NO4. The Morgan fingerprint density at radius 2 is 2.21 bits per heavy atom. The van der Waals surface area contributed by atoms with Crippen molar-refractivity contribution < 1.29 is 19.4 Å². The van der Waals surface area contributed by atoms with Crippen LogP contribution in [0.5, 0.6) is 5.75 Å². The molecule has 19 heavy (non-hydrogen) atoms. The number of carboxylic acids is 1. The van der Waals surface area contributed by atoms with Crippen molar-refractivity contribution in [3.63, 3.8) is 0 Å². The van der Waals surface area contributed by atoms with Gasteiger partial charge in [-0.05, 0) is 30.5 Å². The lowest BCUT2D eigenvalue weighted by Gasteiger charge is -2.11. The molecule has 1 saturated heterocycles. The molecule has 5 nitrogen and oxygen atoms in total. The summed E-state index contributed by atoms with van der Waals surface area (Å²) >= 11 is 0. The molecule has 1 atom stereocenters. The summed E-state index contributed by atoms with van der Waals surface area (Å²) in [5.74, 6) is -0.396. The van der Waals surface area contributed by atoms with Gasteiger partial charge in [-0.15, -0.1) is 0 Å². The van der Waals surface area contributed by atoms with Gasteiger partial charge in [0.25, 0.3) is 0 Å². The molecular weight excluding hydrogens is 246 g/mol. The third kappa shape index (κ3) is 4.89. The molecule has 0 amide bonds. The largest absolute Gasteiger partial charge is 0.482 e. The summed E-state index contributed by atoms with van der Waals surface area (Å²) in [5.41, 5.74) is 1.14. The predicted octanol–water partition coefficient (Wildman–Crippen LogP) is 1.42. The molecule has 2 rings (SSSR count). The van der Waals surface area contributed by atoms with Crippen molar-refractivity contribution in [2.75, 3.05) is 19.8 Å². The van der Waals surface area contributed by atoms with Crippen molar-refractivity contribution in [1.82, 2.24) is 5.32 Å². The lowest BCUT2D eigenvalue weighted by molar-refractivity contribution is -0.139. The van der Waals surface area contributed by atoms with Crippen LogP contribution in [-0.4, -0.2) is 36.9 Å². The topological polar surface area (TPSA) is 67.8 Å². The fourth-order valence-electron chi connectivity index (χ4n) is 2.03. The molecule has 0 spiro atoms. The number of benzene rings is 1. The number of rotatable bonds is 7. The van der Waals surface area contributed by atoms with Crippen LogP contribution >= 0.6 is 0 Å². The van der Waals surface area contributed by atoms with Crippen LogP contribution in [0.15, 0.2) is 24.3 Å². The summed E-state index contributed by atoms with van der Waals surface area (Å²) in [4.78, 5) is 10.4. The van der Waals surface area contributed by atoms with E-state index in [9.17, 15) is 4.79 Å². The SMILES string of the molecule is O=C(O)COc1ccc(CNC[C@H]2CCCO2)cc1. The van der Waals surface area contributed by atoms with Crippen LogP contribution < -0.4 is 10.1 Å². The molecule has 0 unspecified atom stereocenters. The van der Waals surface area contributed by atoms with Gasteiger partial charge in [0.1, 0.15) is 5.75 Å².